The lowest BCUT2D eigenvalue weighted by molar-refractivity contribution is 0.0496. The summed E-state index contributed by atoms with van der Waals surface area (Å²) in [5, 5.41) is 9.49. The molecule has 0 radical (unpaired) electrons. The molecule has 0 aliphatic heterocycles. The molecule has 0 aromatic heterocycles. The number of ether oxygens (including phenoxy) is 1. The smallest absolute Gasteiger partial charge is 0.341 e. The van der Waals surface area contributed by atoms with Crippen molar-refractivity contribution in [1.82, 2.24) is 0 Å². The van der Waals surface area contributed by atoms with Crippen molar-refractivity contribution in [3.05, 3.63) is 28.2 Å². The molecule has 0 aliphatic carbocycles. The molecular weight excluding hydrogens is 260 g/mol. The minimum absolute atomic E-state index is 0.0640. The summed E-state index contributed by atoms with van der Waals surface area (Å²) in [6.45, 7) is 2.41. The zero-order valence-corrected chi connectivity index (χ0v) is 10.1. The average Bonchev–Trinajstić information content (AvgIpc) is 2.17. The molecule has 1 rings (SSSR count). The highest BCUT2D eigenvalue weighted by molar-refractivity contribution is 9.10. The number of esters is 1. The highest BCUT2D eigenvalue weighted by atomic mass is 79.9. The summed E-state index contributed by atoms with van der Waals surface area (Å²) in [6, 6.07) is 4.69. The van der Waals surface area contributed by atoms with Crippen LogP contribution in [0.1, 0.15) is 30.1 Å². The van der Waals surface area contributed by atoms with E-state index < -0.39 is 5.97 Å². The number of rotatable bonds is 4. The number of carbonyl (C=O) groups is 1. The molecule has 0 heterocycles. The third-order valence-corrected chi connectivity index (χ3v) is 2.40. The van der Waals surface area contributed by atoms with Crippen LogP contribution in [0.3, 0.4) is 0 Å². The van der Waals surface area contributed by atoms with Crippen molar-refractivity contribution in [2.24, 2.45) is 0 Å². The van der Waals surface area contributed by atoms with Crippen molar-refractivity contribution in [3.8, 4) is 5.75 Å². The molecule has 0 fully saturated rings. The molecule has 82 valence electrons. The van der Waals surface area contributed by atoms with Gasteiger partial charge >= 0.3 is 5.97 Å². The van der Waals surface area contributed by atoms with Crippen molar-refractivity contribution < 1.29 is 14.6 Å². The predicted octanol–water partition coefficient (Wildman–Crippen LogP) is 3.11. The zero-order chi connectivity index (χ0) is 11.3. The standard InChI is InChI=1S/C11H13BrO3/c1-2-3-6-15-11(14)9-5-4-8(12)7-10(9)13/h4-5,7,13H,2-3,6H2,1H3. The molecule has 0 atom stereocenters. The number of benzene rings is 1. The Balaban J connectivity index is 2.65. The quantitative estimate of drug-likeness (QED) is 0.677. The van der Waals surface area contributed by atoms with Crippen LogP contribution in [0, 0.1) is 0 Å². The first-order valence-corrected chi connectivity index (χ1v) is 5.60. The minimum atomic E-state index is -0.478. The van der Waals surface area contributed by atoms with E-state index in [1.54, 1.807) is 6.07 Å². The lowest BCUT2D eigenvalue weighted by Gasteiger charge is -2.05. The molecule has 0 saturated carbocycles. The maximum absolute atomic E-state index is 11.5. The van der Waals surface area contributed by atoms with Crippen molar-refractivity contribution >= 4 is 21.9 Å². The molecule has 3 nitrogen and oxygen atoms in total. The lowest BCUT2D eigenvalue weighted by atomic mass is 10.2. The lowest BCUT2D eigenvalue weighted by Crippen LogP contribution is -2.06. The number of unbranched alkanes of at least 4 members (excludes halogenated alkanes) is 1. The van der Waals surface area contributed by atoms with Gasteiger partial charge in [-0.05, 0) is 24.6 Å². The van der Waals surface area contributed by atoms with Gasteiger partial charge in [0.05, 0.1) is 6.61 Å². The van der Waals surface area contributed by atoms with E-state index in [1.165, 1.54) is 12.1 Å². The van der Waals surface area contributed by atoms with E-state index in [1.807, 2.05) is 6.92 Å². The first-order chi connectivity index (χ1) is 7.15. The molecule has 1 aromatic carbocycles. The second kappa shape index (κ2) is 5.75. The molecule has 0 saturated heterocycles. The second-order valence-corrected chi connectivity index (χ2v) is 4.07. The molecule has 1 N–H and O–H groups in total. The van der Waals surface area contributed by atoms with Crippen molar-refractivity contribution in [2.45, 2.75) is 19.8 Å². The van der Waals surface area contributed by atoms with Gasteiger partial charge < -0.3 is 9.84 Å². The van der Waals surface area contributed by atoms with Gasteiger partial charge in [0, 0.05) is 4.47 Å². The van der Waals surface area contributed by atoms with Crippen LogP contribution in [0.2, 0.25) is 0 Å². The number of phenols is 1. The number of hydrogen-bond acceptors (Lipinski definition) is 3. The average molecular weight is 273 g/mol. The van der Waals surface area contributed by atoms with Gasteiger partial charge in [-0.15, -0.1) is 0 Å². The van der Waals surface area contributed by atoms with E-state index in [9.17, 15) is 9.90 Å². The van der Waals surface area contributed by atoms with Crippen LogP contribution in [0.15, 0.2) is 22.7 Å². The first kappa shape index (κ1) is 12.0. The summed E-state index contributed by atoms with van der Waals surface area (Å²) in [5.74, 6) is -0.542. The summed E-state index contributed by atoms with van der Waals surface area (Å²) in [4.78, 5) is 11.5. The maximum Gasteiger partial charge on any atom is 0.341 e. The number of halogens is 1. The van der Waals surface area contributed by atoms with E-state index in [-0.39, 0.29) is 11.3 Å². The Hall–Kier alpha value is -1.03. The van der Waals surface area contributed by atoms with Crippen LogP contribution in [0.25, 0.3) is 0 Å². The molecule has 15 heavy (non-hydrogen) atoms. The van der Waals surface area contributed by atoms with Crippen molar-refractivity contribution in [3.63, 3.8) is 0 Å². The Morgan fingerprint density at radius 3 is 2.87 bits per heavy atom. The molecule has 0 spiro atoms. The topological polar surface area (TPSA) is 46.5 Å². The molecule has 1 aromatic rings. The summed E-state index contributed by atoms with van der Waals surface area (Å²) < 4.78 is 5.70. The largest absolute Gasteiger partial charge is 0.507 e. The highest BCUT2D eigenvalue weighted by Crippen LogP contribution is 2.22. The molecule has 0 aliphatic rings. The van der Waals surface area contributed by atoms with Crippen LogP contribution in [-0.2, 0) is 4.74 Å². The fourth-order valence-electron chi connectivity index (χ4n) is 1.06. The van der Waals surface area contributed by atoms with Crippen LogP contribution in [0.4, 0.5) is 0 Å². The summed E-state index contributed by atoms with van der Waals surface area (Å²) in [5.41, 5.74) is 0.203. The Kier molecular flexibility index (Phi) is 4.62. The molecular formula is C11H13BrO3. The first-order valence-electron chi connectivity index (χ1n) is 4.80. The normalized spacial score (nSPS) is 10.0. The number of carbonyl (C=O) groups excluding carboxylic acids is 1. The summed E-state index contributed by atoms with van der Waals surface area (Å²) in [7, 11) is 0. The number of hydrogen-bond donors (Lipinski definition) is 1. The van der Waals surface area contributed by atoms with E-state index >= 15 is 0 Å². The van der Waals surface area contributed by atoms with Crippen LogP contribution in [-0.4, -0.2) is 17.7 Å². The van der Waals surface area contributed by atoms with Crippen molar-refractivity contribution in [2.75, 3.05) is 6.61 Å². The SMILES string of the molecule is CCCCOC(=O)c1ccc(Br)cc1O. The van der Waals surface area contributed by atoms with Gasteiger partial charge in [0.15, 0.2) is 0 Å². The fourth-order valence-corrected chi connectivity index (χ4v) is 1.41. The van der Waals surface area contributed by atoms with Crippen LogP contribution >= 0.6 is 15.9 Å². The number of phenolic OH excluding ortho intramolecular Hbond substituents is 1. The van der Waals surface area contributed by atoms with Crippen LogP contribution in [0.5, 0.6) is 5.75 Å². The Morgan fingerprint density at radius 2 is 2.27 bits per heavy atom. The summed E-state index contributed by atoms with van der Waals surface area (Å²) >= 11 is 3.20. The Morgan fingerprint density at radius 1 is 1.53 bits per heavy atom. The van der Waals surface area contributed by atoms with Gasteiger partial charge in [-0.25, -0.2) is 4.79 Å². The monoisotopic (exact) mass is 272 g/mol. The zero-order valence-electron chi connectivity index (χ0n) is 8.50. The second-order valence-electron chi connectivity index (χ2n) is 3.15. The fraction of sp³-hybridized carbons (Fsp3) is 0.364. The van der Waals surface area contributed by atoms with Gasteiger partial charge in [0.1, 0.15) is 11.3 Å². The van der Waals surface area contributed by atoms with E-state index in [0.717, 1.165) is 17.3 Å². The van der Waals surface area contributed by atoms with Gasteiger partial charge in [-0.3, -0.25) is 0 Å². The maximum atomic E-state index is 11.5. The Bertz CT molecular complexity index is 350. The van der Waals surface area contributed by atoms with E-state index in [2.05, 4.69) is 15.9 Å². The minimum Gasteiger partial charge on any atom is -0.507 e. The van der Waals surface area contributed by atoms with Gasteiger partial charge in [0.25, 0.3) is 0 Å². The third-order valence-electron chi connectivity index (χ3n) is 1.91. The molecule has 0 unspecified atom stereocenters. The highest BCUT2D eigenvalue weighted by Gasteiger charge is 2.12. The molecule has 4 heteroatoms. The third kappa shape index (κ3) is 3.55. The summed E-state index contributed by atoms with van der Waals surface area (Å²) in [6.07, 6.45) is 1.81. The molecule has 0 bridgehead atoms. The van der Waals surface area contributed by atoms with E-state index in [0.29, 0.717) is 6.61 Å². The van der Waals surface area contributed by atoms with Gasteiger partial charge in [0.2, 0.25) is 0 Å². The van der Waals surface area contributed by atoms with Crippen molar-refractivity contribution in [1.29, 1.82) is 0 Å². The van der Waals surface area contributed by atoms with Gasteiger partial charge in [-0.1, -0.05) is 29.3 Å². The van der Waals surface area contributed by atoms with Crippen LogP contribution < -0.4 is 0 Å². The van der Waals surface area contributed by atoms with Gasteiger partial charge in [-0.2, -0.15) is 0 Å². The molecule has 0 amide bonds. The van der Waals surface area contributed by atoms with E-state index in [4.69, 9.17) is 4.74 Å². The Labute approximate surface area is 97.2 Å². The predicted molar refractivity (Wildman–Crippen MR) is 61.0 cm³/mol. The number of aromatic hydroxyl groups is 1.